The highest BCUT2D eigenvalue weighted by Crippen LogP contribution is 2.27. The minimum Gasteiger partial charge on any atom is -0.485 e. The monoisotopic (exact) mass is 186 g/mol. The molecule has 72 valence electrons. The molecule has 1 heterocycles. The first-order chi connectivity index (χ1) is 6.79. The third kappa shape index (κ3) is 1.72. The van der Waals surface area contributed by atoms with E-state index < -0.39 is 0 Å². The maximum Gasteiger partial charge on any atom is 0.127 e. The summed E-state index contributed by atoms with van der Waals surface area (Å²) in [6.45, 7) is 5.80. The Kier molecular flexibility index (Phi) is 2.40. The summed E-state index contributed by atoms with van der Waals surface area (Å²) in [5.74, 6) is 0.977. The fourth-order valence-corrected chi connectivity index (χ4v) is 1.61. The molecule has 1 unspecified atom stereocenters. The van der Waals surface area contributed by atoms with Gasteiger partial charge in [0.15, 0.2) is 0 Å². The van der Waals surface area contributed by atoms with Crippen molar-refractivity contribution < 1.29 is 4.74 Å². The van der Waals surface area contributed by atoms with Crippen LogP contribution in [0.2, 0.25) is 0 Å². The minimum atomic E-state index is 0.155. The first kappa shape index (κ1) is 9.07. The van der Waals surface area contributed by atoms with E-state index in [9.17, 15) is 0 Å². The maximum absolute atomic E-state index is 5.77. The average molecular weight is 186 g/mol. The van der Waals surface area contributed by atoms with Crippen molar-refractivity contribution in [1.82, 2.24) is 0 Å². The summed E-state index contributed by atoms with van der Waals surface area (Å²) in [6.07, 6.45) is 7.12. The van der Waals surface area contributed by atoms with E-state index in [1.54, 1.807) is 0 Å². The summed E-state index contributed by atoms with van der Waals surface area (Å²) in [4.78, 5) is 0. The normalized spacial score (nSPS) is 18.5. The van der Waals surface area contributed by atoms with Gasteiger partial charge in [0, 0.05) is 12.0 Å². The van der Waals surface area contributed by atoms with E-state index in [-0.39, 0.29) is 6.10 Å². The van der Waals surface area contributed by atoms with E-state index in [1.165, 1.54) is 11.1 Å². The first-order valence-corrected chi connectivity index (χ1v) is 4.86. The highest BCUT2D eigenvalue weighted by molar-refractivity contribution is 5.60. The van der Waals surface area contributed by atoms with Crippen LogP contribution in [0.1, 0.15) is 17.5 Å². The second-order valence-electron chi connectivity index (χ2n) is 3.58. The Hall–Kier alpha value is -1.50. The second kappa shape index (κ2) is 3.70. The van der Waals surface area contributed by atoms with Crippen LogP contribution in [0.25, 0.3) is 6.08 Å². The summed E-state index contributed by atoms with van der Waals surface area (Å²) in [7, 11) is 0. The molecule has 1 heteroatoms. The molecule has 0 aromatic heterocycles. The summed E-state index contributed by atoms with van der Waals surface area (Å²) in [6, 6.07) is 6.24. The lowest BCUT2D eigenvalue weighted by atomic mass is 10.1. The van der Waals surface area contributed by atoms with Gasteiger partial charge in [0.25, 0.3) is 0 Å². The van der Waals surface area contributed by atoms with Crippen LogP contribution >= 0.6 is 0 Å². The van der Waals surface area contributed by atoms with Crippen LogP contribution < -0.4 is 4.74 Å². The topological polar surface area (TPSA) is 9.23 Å². The lowest BCUT2D eigenvalue weighted by Crippen LogP contribution is -2.15. The fraction of sp³-hybridized carbons (Fsp3) is 0.231. The van der Waals surface area contributed by atoms with Crippen molar-refractivity contribution in [2.24, 2.45) is 0 Å². The third-order valence-electron chi connectivity index (χ3n) is 2.33. The van der Waals surface area contributed by atoms with Gasteiger partial charge in [-0.15, -0.1) is 6.58 Å². The summed E-state index contributed by atoms with van der Waals surface area (Å²) in [5.41, 5.74) is 2.43. The third-order valence-corrected chi connectivity index (χ3v) is 2.33. The number of benzene rings is 1. The van der Waals surface area contributed by atoms with Crippen LogP contribution in [0.15, 0.2) is 36.9 Å². The Morgan fingerprint density at radius 3 is 3.14 bits per heavy atom. The zero-order chi connectivity index (χ0) is 9.97. The number of fused-ring (bicyclic) bond motifs is 1. The predicted molar refractivity (Wildman–Crippen MR) is 59.4 cm³/mol. The van der Waals surface area contributed by atoms with E-state index in [4.69, 9.17) is 4.74 Å². The van der Waals surface area contributed by atoms with E-state index in [2.05, 4.69) is 37.8 Å². The Labute approximate surface area is 84.7 Å². The van der Waals surface area contributed by atoms with Crippen molar-refractivity contribution >= 4 is 6.08 Å². The van der Waals surface area contributed by atoms with Crippen LogP contribution in [0.4, 0.5) is 0 Å². The molecule has 1 aliphatic heterocycles. The minimum absolute atomic E-state index is 0.155. The lowest BCUT2D eigenvalue weighted by Gasteiger charge is -2.20. The highest BCUT2D eigenvalue weighted by atomic mass is 16.5. The van der Waals surface area contributed by atoms with Gasteiger partial charge >= 0.3 is 0 Å². The lowest BCUT2D eigenvalue weighted by molar-refractivity contribution is 0.249. The van der Waals surface area contributed by atoms with Crippen LogP contribution in [0.3, 0.4) is 0 Å². The van der Waals surface area contributed by atoms with E-state index in [0.29, 0.717) is 0 Å². The molecule has 1 nitrogen and oxygen atoms in total. The second-order valence-corrected chi connectivity index (χ2v) is 3.58. The molecule has 14 heavy (non-hydrogen) atoms. The van der Waals surface area contributed by atoms with Gasteiger partial charge in [0.2, 0.25) is 0 Å². The van der Waals surface area contributed by atoms with Crippen LogP contribution in [-0.4, -0.2) is 6.10 Å². The number of hydrogen-bond acceptors (Lipinski definition) is 1. The molecule has 1 aromatic carbocycles. The molecule has 0 bridgehead atoms. The van der Waals surface area contributed by atoms with Crippen molar-refractivity contribution in [3.05, 3.63) is 48.1 Å². The Bertz CT molecular complexity index is 377. The van der Waals surface area contributed by atoms with Crippen molar-refractivity contribution in [1.29, 1.82) is 0 Å². The average Bonchev–Trinajstić information content (AvgIpc) is 2.19. The fourth-order valence-electron chi connectivity index (χ4n) is 1.61. The summed E-state index contributed by atoms with van der Waals surface area (Å²) < 4.78 is 5.77. The van der Waals surface area contributed by atoms with Gasteiger partial charge in [-0.3, -0.25) is 0 Å². The Balaban J connectivity index is 2.26. The molecule has 0 spiro atoms. The zero-order valence-corrected chi connectivity index (χ0v) is 8.36. The van der Waals surface area contributed by atoms with Crippen LogP contribution in [0, 0.1) is 6.92 Å². The van der Waals surface area contributed by atoms with Crippen LogP contribution in [0.5, 0.6) is 5.75 Å². The molecule has 2 rings (SSSR count). The summed E-state index contributed by atoms with van der Waals surface area (Å²) >= 11 is 0. The zero-order valence-electron chi connectivity index (χ0n) is 8.36. The molecule has 1 aromatic rings. The standard InChI is InChI=1S/C13H14O/c1-3-4-12-7-6-11-9-10(2)5-8-13(11)14-12/h3,5-9,12H,1,4H2,2H3. The van der Waals surface area contributed by atoms with Gasteiger partial charge in [-0.1, -0.05) is 23.8 Å². The molecule has 0 saturated heterocycles. The van der Waals surface area contributed by atoms with Gasteiger partial charge in [0.05, 0.1) is 0 Å². The van der Waals surface area contributed by atoms with Crippen molar-refractivity contribution in [3.8, 4) is 5.75 Å². The Morgan fingerprint density at radius 1 is 1.50 bits per heavy atom. The SMILES string of the molecule is C=CCC1C=Cc2cc(C)ccc2O1. The van der Waals surface area contributed by atoms with E-state index in [1.807, 2.05) is 12.1 Å². The molecule has 0 N–H and O–H groups in total. The number of aryl methyl sites for hydroxylation is 1. The summed E-state index contributed by atoms with van der Waals surface area (Å²) in [5, 5.41) is 0. The van der Waals surface area contributed by atoms with E-state index in [0.717, 1.165) is 12.2 Å². The van der Waals surface area contributed by atoms with Gasteiger partial charge < -0.3 is 4.74 Å². The molecule has 1 aliphatic rings. The first-order valence-electron chi connectivity index (χ1n) is 4.86. The molecule has 0 saturated carbocycles. The molecule has 0 fully saturated rings. The number of ether oxygens (including phenoxy) is 1. The van der Waals surface area contributed by atoms with E-state index >= 15 is 0 Å². The highest BCUT2D eigenvalue weighted by Gasteiger charge is 2.12. The molecule has 1 atom stereocenters. The quantitative estimate of drug-likeness (QED) is 0.643. The van der Waals surface area contributed by atoms with Crippen molar-refractivity contribution in [2.75, 3.05) is 0 Å². The van der Waals surface area contributed by atoms with Gasteiger partial charge in [0.1, 0.15) is 11.9 Å². The van der Waals surface area contributed by atoms with Gasteiger partial charge in [-0.05, 0) is 25.1 Å². The molecule has 0 aliphatic carbocycles. The Morgan fingerprint density at radius 2 is 2.36 bits per heavy atom. The predicted octanol–water partition coefficient (Wildman–Crippen LogP) is 3.35. The maximum atomic E-state index is 5.77. The molecular weight excluding hydrogens is 172 g/mol. The number of rotatable bonds is 2. The number of hydrogen-bond donors (Lipinski definition) is 0. The molecule has 0 radical (unpaired) electrons. The van der Waals surface area contributed by atoms with Gasteiger partial charge in [-0.25, -0.2) is 0 Å². The molecular formula is C13H14O. The van der Waals surface area contributed by atoms with Gasteiger partial charge in [-0.2, -0.15) is 0 Å². The van der Waals surface area contributed by atoms with Crippen molar-refractivity contribution in [3.63, 3.8) is 0 Å². The molecule has 0 amide bonds. The largest absolute Gasteiger partial charge is 0.485 e. The van der Waals surface area contributed by atoms with Crippen LogP contribution in [-0.2, 0) is 0 Å². The smallest absolute Gasteiger partial charge is 0.127 e. The van der Waals surface area contributed by atoms with Crippen molar-refractivity contribution in [2.45, 2.75) is 19.4 Å².